The van der Waals surface area contributed by atoms with Crippen molar-refractivity contribution >= 4 is 57.5 Å². The average molecular weight is 518 g/mol. The van der Waals surface area contributed by atoms with E-state index in [9.17, 15) is 9.59 Å². The molecule has 0 fully saturated rings. The molecule has 3 rings (SSSR count). The normalized spacial score (nSPS) is 10.3. The number of methoxy groups -OCH3 is 1. The van der Waals surface area contributed by atoms with Crippen molar-refractivity contribution in [2.75, 3.05) is 23.5 Å². The highest BCUT2D eigenvalue weighted by atomic mass is 127. The van der Waals surface area contributed by atoms with E-state index in [1.165, 1.54) is 11.8 Å². The summed E-state index contributed by atoms with van der Waals surface area (Å²) in [6.07, 6.45) is 0. The van der Waals surface area contributed by atoms with Crippen molar-refractivity contribution in [3.63, 3.8) is 0 Å². The minimum absolute atomic E-state index is 0.0633. The van der Waals surface area contributed by atoms with Crippen LogP contribution < -0.4 is 15.4 Å². The summed E-state index contributed by atoms with van der Waals surface area (Å²) >= 11 is 3.66. The van der Waals surface area contributed by atoms with Crippen LogP contribution in [0.2, 0.25) is 0 Å². The molecular formula is C22H19IN2O3S. The van der Waals surface area contributed by atoms with Gasteiger partial charge in [0.05, 0.1) is 12.9 Å². The smallest absolute Gasteiger partial charge is 0.255 e. The molecule has 0 atom stereocenters. The number of thioether (sulfide) groups is 1. The van der Waals surface area contributed by atoms with E-state index in [1.54, 1.807) is 31.4 Å². The van der Waals surface area contributed by atoms with E-state index in [2.05, 4.69) is 33.2 Å². The largest absolute Gasteiger partial charge is 0.497 e. The molecule has 0 aliphatic carbocycles. The number of nitrogens with one attached hydrogen (secondary N) is 2. The predicted octanol–water partition coefficient (Wildman–Crippen LogP) is 5.28. The summed E-state index contributed by atoms with van der Waals surface area (Å²) < 4.78 is 6.26. The van der Waals surface area contributed by atoms with E-state index in [4.69, 9.17) is 4.74 Å². The second-order valence-corrected chi connectivity index (χ2v) is 8.35. The molecule has 0 saturated heterocycles. The molecule has 148 valence electrons. The SMILES string of the molecule is COc1cccc(C(=O)Nc2ccc(SCC(=O)Nc3ccc(I)cc3)cc2)c1. The lowest BCUT2D eigenvalue weighted by molar-refractivity contribution is -0.113. The Bertz CT molecular complexity index is 992. The molecule has 0 spiro atoms. The molecular weight excluding hydrogens is 499 g/mol. The molecule has 0 saturated carbocycles. The molecule has 0 aliphatic rings. The number of amides is 2. The summed E-state index contributed by atoms with van der Waals surface area (Å²) in [6.45, 7) is 0. The molecule has 0 aromatic heterocycles. The van der Waals surface area contributed by atoms with Crippen LogP contribution in [0, 0.1) is 3.57 Å². The van der Waals surface area contributed by atoms with Crippen LogP contribution in [0.3, 0.4) is 0 Å². The van der Waals surface area contributed by atoms with Gasteiger partial charge in [0, 0.05) is 25.4 Å². The molecule has 29 heavy (non-hydrogen) atoms. The van der Waals surface area contributed by atoms with Gasteiger partial charge in [-0.3, -0.25) is 9.59 Å². The lowest BCUT2D eigenvalue weighted by Gasteiger charge is -2.08. The van der Waals surface area contributed by atoms with Gasteiger partial charge >= 0.3 is 0 Å². The highest BCUT2D eigenvalue weighted by Gasteiger charge is 2.08. The monoisotopic (exact) mass is 518 g/mol. The minimum atomic E-state index is -0.207. The molecule has 0 radical (unpaired) electrons. The number of rotatable bonds is 7. The summed E-state index contributed by atoms with van der Waals surface area (Å²) in [7, 11) is 1.56. The summed E-state index contributed by atoms with van der Waals surface area (Å²) in [5.74, 6) is 0.669. The van der Waals surface area contributed by atoms with Gasteiger partial charge in [-0.1, -0.05) is 6.07 Å². The first-order chi connectivity index (χ1) is 14.0. The van der Waals surface area contributed by atoms with E-state index in [0.29, 0.717) is 22.8 Å². The second kappa shape index (κ2) is 10.3. The van der Waals surface area contributed by atoms with Crippen molar-refractivity contribution in [3.05, 3.63) is 81.9 Å². The Morgan fingerprint density at radius 3 is 2.28 bits per heavy atom. The van der Waals surface area contributed by atoms with E-state index < -0.39 is 0 Å². The highest BCUT2D eigenvalue weighted by Crippen LogP contribution is 2.22. The first kappa shape index (κ1) is 21.2. The van der Waals surface area contributed by atoms with Crippen LogP contribution in [0.1, 0.15) is 10.4 Å². The first-order valence-electron chi connectivity index (χ1n) is 8.77. The van der Waals surface area contributed by atoms with Gasteiger partial charge in [-0.25, -0.2) is 0 Å². The molecule has 0 bridgehead atoms. The van der Waals surface area contributed by atoms with Gasteiger partial charge < -0.3 is 15.4 Å². The third-order valence-electron chi connectivity index (χ3n) is 3.94. The van der Waals surface area contributed by atoms with Crippen molar-refractivity contribution in [1.82, 2.24) is 0 Å². The van der Waals surface area contributed by atoms with E-state index in [-0.39, 0.29) is 11.8 Å². The van der Waals surface area contributed by atoms with E-state index in [1.807, 2.05) is 48.5 Å². The highest BCUT2D eigenvalue weighted by molar-refractivity contribution is 14.1. The number of hydrogen-bond acceptors (Lipinski definition) is 4. The third kappa shape index (κ3) is 6.50. The number of carbonyl (C=O) groups excluding carboxylic acids is 2. The summed E-state index contributed by atoms with van der Waals surface area (Å²) in [5.41, 5.74) is 1.99. The lowest BCUT2D eigenvalue weighted by Crippen LogP contribution is -2.14. The number of halogens is 1. The van der Waals surface area contributed by atoms with Gasteiger partial charge in [0.15, 0.2) is 0 Å². The van der Waals surface area contributed by atoms with Gasteiger partial charge in [-0.15, -0.1) is 11.8 Å². The third-order valence-corrected chi connectivity index (χ3v) is 5.67. The molecule has 2 N–H and O–H groups in total. The van der Waals surface area contributed by atoms with Crippen molar-refractivity contribution in [1.29, 1.82) is 0 Å². The quantitative estimate of drug-likeness (QED) is 0.330. The zero-order chi connectivity index (χ0) is 20.6. The number of ether oxygens (including phenoxy) is 1. The summed E-state index contributed by atoms with van der Waals surface area (Å²) in [5, 5.41) is 5.73. The minimum Gasteiger partial charge on any atom is -0.497 e. The van der Waals surface area contributed by atoms with Gasteiger partial charge in [0.25, 0.3) is 5.91 Å². The maximum absolute atomic E-state index is 12.4. The molecule has 3 aromatic carbocycles. The van der Waals surface area contributed by atoms with Crippen LogP contribution in [-0.4, -0.2) is 24.7 Å². The second-order valence-electron chi connectivity index (χ2n) is 6.05. The Morgan fingerprint density at radius 2 is 1.59 bits per heavy atom. The zero-order valence-electron chi connectivity index (χ0n) is 15.6. The molecule has 3 aromatic rings. The molecule has 0 heterocycles. The van der Waals surface area contributed by atoms with Gasteiger partial charge in [-0.2, -0.15) is 0 Å². The van der Waals surface area contributed by atoms with Crippen LogP contribution in [0.5, 0.6) is 5.75 Å². The maximum Gasteiger partial charge on any atom is 0.255 e. The van der Waals surface area contributed by atoms with E-state index >= 15 is 0 Å². The van der Waals surface area contributed by atoms with Crippen molar-refractivity contribution in [3.8, 4) is 5.75 Å². The fraction of sp³-hybridized carbons (Fsp3) is 0.0909. The van der Waals surface area contributed by atoms with Crippen LogP contribution in [0.4, 0.5) is 11.4 Å². The van der Waals surface area contributed by atoms with Gasteiger partial charge in [0.1, 0.15) is 5.75 Å². The summed E-state index contributed by atoms with van der Waals surface area (Å²) in [6, 6.07) is 22.0. The first-order valence-corrected chi connectivity index (χ1v) is 10.8. The lowest BCUT2D eigenvalue weighted by atomic mass is 10.2. The Kier molecular flexibility index (Phi) is 7.54. The molecule has 0 aliphatic heterocycles. The maximum atomic E-state index is 12.4. The number of carbonyl (C=O) groups is 2. The predicted molar refractivity (Wildman–Crippen MR) is 126 cm³/mol. The molecule has 5 nitrogen and oxygen atoms in total. The number of benzene rings is 3. The molecule has 7 heteroatoms. The van der Waals surface area contributed by atoms with Crippen LogP contribution in [-0.2, 0) is 4.79 Å². The van der Waals surface area contributed by atoms with Crippen molar-refractivity contribution < 1.29 is 14.3 Å². The van der Waals surface area contributed by atoms with E-state index in [0.717, 1.165) is 14.2 Å². The Balaban J connectivity index is 1.51. The topological polar surface area (TPSA) is 67.4 Å². The Hall–Kier alpha value is -2.52. The van der Waals surface area contributed by atoms with Crippen LogP contribution >= 0.6 is 34.4 Å². The van der Waals surface area contributed by atoms with Crippen LogP contribution in [0.25, 0.3) is 0 Å². The fourth-order valence-corrected chi connectivity index (χ4v) is 3.54. The number of hydrogen-bond donors (Lipinski definition) is 2. The van der Waals surface area contributed by atoms with Crippen molar-refractivity contribution in [2.24, 2.45) is 0 Å². The van der Waals surface area contributed by atoms with Gasteiger partial charge in [-0.05, 0) is 89.3 Å². The Labute approximate surface area is 187 Å². The Morgan fingerprint density at radius 1 is 0.931 bits per heavy atom. The van der Waals surface area contributed by atoms with Crippen molar-refractivity contribution in [2.45, 2.75) is 4.90 Å². The standard InChI is InChI=1S/C22H19IN2O3S/c1-28-19-4-2-3-15(13-19)22(27)25-18-9-11-20(12-10-18)29-14-21(26)24-17-7-5-16(23)6-8-17/h2-13H,14H2,1H3,(H,24,26)(H,25,27). The van der Waals surface area contributed by atoms with Gasteiger partial charge in [0.2, 0.25) is 5.91 Å². The summed E-state index contributed by atoms with van der Waals surface area (Å²) in [4.78, 5) is 25.4. The fourth-order valence-electron chi connectivity index (χ4n) is 2.48. The van der Waals surface area contributed by atoms with Crippen LogP contribution in [0.15, 0.2) is 77.7 Å². The molecule has 0 unspecified atom stereocenters. The molecule has 2 amide bonds. The zero-order valence-corrected chi connectivity index (χ0v) is 18.6. The average Bonchev–Trinajstić information content (AvgIpc) is 2.75. The number of anilines is 2.